The minimum Gasteiger partial charge on any atom is -0.325 e. The average Bonchev–Trinajstić information content (AvgIpc) is 2.99. The molecule has 0 bridgehead atoms. The fourth-order valence-electron chi connectivity index (χ4n) is 3.33. The summed E-state index contributed by atoms with van der Waals surface area (Å²) < 4.78 is 2.02. The van der Waals surface area contributed by atoms with E-state index in [4.69, 9.17) is 5.26 Å². The maximum atomic E-state index is 12.8. The van der Waals surface area contributed by atoms with Gasteiger partial charge in [-0.3, -0.25) is 4.79 Å². The Morgan fingerprint density at radius 1 is 1.25 bits per heavy atom. The number of benzene rings is 2. The van der Waals surface area contributed by atoms with E-state index < -0.39 is 0 Å². The number of nitrogens with zero attached hydrogens (tertiary/aromatic N) is 3. The summed E-state index contributed by atoms with van der Waals surface area (Å²) in [4.78, 5) is 17.5. The van der Waals surface area contributed by atoms with Crippen LogP contribution in [0.2, 0.25) is 0 Å². The van der Waals surface area contributed by atoms with Crippen molar-refractivity contribution in [3.63, 3.8) is 0 Å². The van der Waals surface area contributed by atoms with Crippen LogP contribution >= 0.6 is 11.8 Å². The summed E-state index contributed by atoms with van der Waals surface area (Å²) in [5.74, 6) is -0.0565. The number of hydrogen-bond donors (Lipinski definition) is 1. The van der Waals surface area contributed by atoms with Gasteiger partial charge in [0.25, 0.3) is 0 Å². The van der Waals surface area contributed by atoms with Crippen LogP contribution in [-0.2, 0) is 11.3 Å². The second kappa shape index (κ2) is 8.49. The molecule has 3 aromatic rings. The number of nitriles is 1. The molecule has 0 unspecified atom stereocenters. The largest absolute Gasteiger partial charge is 0.325 e. The van der Waals surface area contributed by atoms with Crippen LogP contribution in [0.15, 0.2) is 41.6 Å². The van der Waals surface area contributed by atoms with Gasteiger partial charge in [0.2, 0.25) is 5.91 Å². The Labute approximate surface area is 169 Å². The van der Waals surface area contributed by atoms with E-state index in [9.17, 15) is 4.79 Å². The Hall–Kier alpha value is -2.78. The molecular formula is C22H24N4OS. The molecule has 5 nitrogen and oxygen atoms in total. The highest BCUT2D eigenvalue weighted by molar-refractivity contribution is 8.00. The number of aromatic nitrogens is 2. The van der Waals surface area contributed by atoms with Gasteiger partial charge in [-0.15, -0.1) is 0 Å². The predicted octanol–water partition coefficient (Wildman–Crippen LogP) is 4.99. The van der Waals surface area contributed by atoms with Crippen molar-refractivity contribution in [3.05, 3.63) is 53.1 Å². The van der Waals surface area contributed by atoms with Crippen LogP contribution < -0.4 is 5.32 Å². The van der Waals surface area contributed by atoms with Crippen molar-refractivity contribution < 1.29 is 4.79 Å². The average molecular weight is 393 g/mol. The summed E-state index contributed by atoms with van der Waals surface area (Å²) >= 11 is 1.42. The molecule has 1 amide bonds. The molecule has 0 spiro atoms. The van der Waals surface area contributed by atoms with Crippen LogP contribution in [0, 0.1) is 32.1 Å². The lowest BCUT2D eigenvalue weighted by atomic mass is 10.1. The molecule has 1 aromatic heterocycles. The monoisotopic (exact) mass is 392 g/mol. The molecule has 1 N–H and O–H groups in total. The van der Waals surface area contributed by atoms with Gasteiger partial charge in [0, 0.05) is 12.2 Å². The Morgan fingerprint density at radius 2 is 1.93 bits per heavy atom. The van der Waals surface area contributed by atoms with Gasteiger partial charge in [0.1, 0.15) is 0 Å². The van der Waals surface area contributed by atoms with E-state index in [1.807, 2.05) is 49.6 Å². The van der Waals surface area contributed by atoms with E-state index in [0.717, 1.165) is 33.0 Å². The van der Waals surface area contributed by atoms with Gasteiger partial charge in [0.15, 0.2) is 5.16 Å². The Balaban J connectivity index is 1.82. The topological polar surface area (TPSA) is 70.7 Å². The number of hydrogen-bond acceptors (Lipinski definition) is 4. The molecule has 0 saturated carbocycles. The van der Waals surface area contributed by atoms with Crippen LogP contribution in [0.1, 0.15) is 30.0 Å². The van der Waals surface area contributed by atoms with E-state index in [2.05, 4.69) is 35.4 Å². The van der Waals surface area contributed by atoms with Crippen LogP contribution in [0.3, 0.4) is 0 Å². The number of para-hydroxylation sites is 2. The van der Waals surface area contributed by atoms with Gasteiger partial charge in [-0.05, 0) is 51.0 Å². The van der Waals surface area contributed by atoms with E-state index in [-0.39, 0.29) is 11.2 Å². The first-order chi connectivity index (χ1) is 13.4. The molecule has 3 rings (SSSR count). The van der Waals surface area contributed by atoms with Gasteiger partial charge < -0.3 is 9.88 Å². The third-order valence-electron chi connectivity index (χ3n) is 4.64. The Kier molecular flexibility index (Phi) is 6.05. The lowest BCUT2D eigenvalue weighted by Gasteiger charge is -2.16. The third kappa shape index (κ3) is 4.20. The Morgan fingerprint density at radius 3 is 2.61 bits per heavy atom. The molecule has 0 radical (unpaired) electrons. The molecule has 1 heterocycles. The lowest BCUT2D eigenvalue weighted by molar-refractivity contribution is -0.115. The van der Waals surface area contributed by atoms with Crippen LogP contribution in [0.4, 0.5) is 5.69 Å². The summed E-state index contributed by atoms with van der Waals surface area (Å²) in [5, 5.41) is 12.5. The maximum Gasteiger partial charge on any atom is 0.237 e. The lowest BCUT2D eigenvalue weighted by Crippen LogP contribution is -2.24. The van der Waals surface area contributed by atoms with E-state index in [1.54, 1.807) is 0 Å². The second-order valence-corrected chi connectivity index (χ2v) is 8.27. The molecule has 0 aliphatic carbocycles. The first-order valence-electron chi connectivity index (χ1n) is 9.28. The number of imidazole rings is 1. The molecule has 6 heteroatoms. The van der Waals surface area contributed by atoms with Gasteiger partial charge in [-0.1, -0.05) is 41.6 Å². The maximum absolute atomic E-state index is 12.8. The molecule has 28 heavy (non-hydrogen) atoms. The molecular weight excluding hydrogens is 368 g/mol. The summed E-state index contributed by atoms with van der Waals surface area (Å²) in [7, 11) is 0. The zero-order chi connectivity index (χ0) is 20.3. The Bertz CT molecular complexity index is 1040. The summed E-state index contributed by atoms with van der Waals surface area (Å²) in [6.07, 6.45) is 0.399. The normalized spacial score (nSPS) is 12.0. The van der Waals surface area contributed by atoms with Crippen molar-refractivity contribution in [1.82, 2.24) is 9.55 Å². The van der Waals surface area contributed by atoms with Gasteiger partial charge >= 0.3 is 0 Å². The first-order valence-corrected chi connectivity index (χ1v) is 10.2. The predicted molar refractivity (Wildman–Crippen MR) is 115 cm³/mol. The van der Waals surface area contributed by atoms with E-state index in [1.165, 1.54) is 17.3 Å². The van der Waals surface area contributed by atoms with Crippen LogP contribution in [-0.4, -0.2) is 20.7 Å². The number of amides is 1. The van der Waals surface area contributed by atoms with Crippen molar-refractivity contribution in [3.8, 4) is 6.07 Å². The number of carbonyl (C=O) groups is 1. The third-order valence-corrected chi connectivity index (χ3v) is 5.73. The number of thioether (sulfide) groups is 1. The van der Waals surface area contributed by atoms with E-state index >= 15 is 0 Å². The van der Waals surface area contributed by atoms with Crippen molar-refractivity contribution >= 4 is 34.4 Å². The smallest absolute Gasteiger partial charge is 0.237 e. The van der Waals surface area contributed by atoms with Gasteiger partial charge in [0.05, 0.1) is 28.8 Å². The minimum absolute atomic E-state index is 0.0565. The number of carbonyl (C=O) groups excluding carboxylic acids is 1. The van der Waals surface area contributed by atoms with Gasteiger partial charge in [-0.25, -0.2) is 4.98 Å². The quantitative estimate of drug-likeness (QED) is 0.600. The highest BCUT2D eigenvalue weighted by atomic mass is 32.2. The zero-order valence-electron chi connectivity index (χ0n) is 16.6. The number of nitrogens with one attached hydrogen (secondary N) is 1. The fraction of sp³-hybridized carbons (Fsp3) is 0.318. The SMILES string of the molecule is Cc1cc(C)c(NC(=O)[C@@H](C)Sc2nc3ccccc3n2CCC#N)c(C)c1. The standard InChI is InChI=1S/C22H24N4OS/c1-14-12-15(2)20(16(3)13-14)25-21(27)17(4)28-22-24-18-8-5-6-9-19(18)26(22)11-7-10-23/h5-6,8-9,12-13,17H,7,11H2,1-4H3,(H,25,27)/t17-/m1/s1. The molecule has 2 aromatic carbocycles. The molecule has 0 aliphatic rings. The van der Waals surface area contributed by atoms with E-state index in [0.29, 0.717) is 13.0 Å². The van der Waals surface area contributed by atoms with Crippen molar-refractivity contribution in [2.45, 2.75) is 51.1 Å². The van der Waals surface area contributed by atoms with Gasteiger partial charge in [-0.2, -0.15) is 5.26 Å². The highest BCUT2D eigenvalue weighted by Gasteiger charge is 2.20. The molecule has 0 fully saturated rings. The first kappa shape index (κ1) is 20.0. The fourth-order valence-corrected chi connectivity index (χ4v) is 4.29. The minimum atomic E-state index is -0.322. The highest BCUT2D eigenvalue weighted by Crippen LogP contribution is 2.29. The summed E-state index contributed by atoms with van der Waals surface area (Å²) in [5.41, 5.74) is 6.04. The van der Waals surface area contributed by atoms with Crippen molar-refractivity contribution in [1.29, 1.82) is 5.26 Å². The van der Waals surface area contributed by atoms with Crippen LogP contribution in [0.25, 0.3) is 11.0 Å². The molecule has 144 valence electrons. The van der Waals surface area contributed by atoms with Crippen molar-refractivity contribution in [2.75, 3.05) is 5.32 Å². The summed E-state index contributed by atoms with van der Waals surface area (Å²) in [6, 6.07) is 14.2. The van der Waals surface area contributed by atoms with Crippen LogP contribution in [0.5, 0.6) is 0 Å². The molecule has 1 atom stereocenters. The number of fused-ring (bicyclic) bond motifs is 1. The van der Waals surface area contributed by atoms with Crippen molar-refractivity contribution in [2.24, 2.45) is 0 Å². The second-order valence-electron chi connectivity index (χ2n) is 6.97. The molecule has 0 aliphatic heterocycles. The summed E-state index contributed by atoms with van der Waals surface area (Å²) in [6.45, 7) is 8.51. The number of anilines is 1. The molecule has 0 saturated heterocycles. The number of aryl methyl sites for hydroxylation is 4. The number of rotatable bonds is 6. The zero-order valence-corrected chi connectivity index (χ0v) is 17.4.